The van der Waals surface area contributed by atoms with Gasteiger partial charge in [-0.1, -0.05) is 0 Å². The second-order valence-electron chi connectivity index (χ2n) is 1.99. The Labute approximate surface area is 75.1 Å². The molecular weight excluding hydrogens is 174 g/mol. The average Bonchev–Trinajstić information content (AvgIpc) is 2.16. The number of methoxy groups -OCH3 is 1. The van der Waals surface area contributed by atoms with Crippen molar-refractivity contribution in [2.75, 3.05) is 12.9 Å². The van der Waals surface area contributed by atoms with Gasteiger partial charge in [0.15, 0.2) is 0 Å². The first-order valence-electron chi connectivity index (χ1n) is 3.34. The molecule has 0 fully saturated rings. The fourth-order valence-corrected chi connectivity index (χ4v) is 1.29. The second kappa shape index (κ2) is 4.77. The number of pyridine rings is 1. The van der Waals surface area contributed by atoms with Crippen LogP contribution in [-0.4, -0.2) is 23.8 Å². The Morgan fingerprint density at radius 2 is 2.67 bits per heavy atom. The Balaban J connectivity index is 2.38. The van der Waals surface area contributed by atoms with E-state index in [9.17, 15) is 4.79 Å². The van der Waals surface area contributed by atoms with Crippen LogP contribution in [0.2, 0.25) is 0 Å². The van der Waals surface area contributed by atoms with Gasteiger partial charge in [-0.15, -0.1) is 11.8 Å². The molecule has 3 nitrogen and oxygen atoms in total. The molecular formula is C8H8NO2S. The fourth-order valence-electron chi connectivity index (χ4n) is 0.593. The molecule has 0 saturated heterocycles. The molecule has 0 aliphatic carbocycles. The highest BCUT2D eigenvalue weighted by Crippen LogP contribution is 2.15. The predicted molar refractivity (Wildman–Crippen MR) is 45.8 cm³/mol. The Morgan fingerprint density at radius 1 is 1.83 bits per heavy atom. The molecule has 1 aromatic rings. The molecule has 0 bridgehead atoms. The molecule has 0 atom stereocenters. The number of hydrogen-bond donors (Lipinski definition) is 0. The summed E-state index contributed by atoms with van der Waals surface area (Å²) in [4.78, 5) is 15.4. The minimum atomic E-state index is -0.229. The first-order chi connectivity index (χ1) is 5.83. The summed E-state index contributed by atoms with van der Waals surface area (Å²) in [5.41, 5.74) is 0. The molecule has 0 spiro atoms. The maximum atomic E-state index is 10.7. The lowest BCUT2D eigenvalue weighted by Gasteiger charge is -1.97. The number of ether oxygens (including phenoxy) is 1. The predicted octanol–water partition coefficient (Wildman–Crippen LogP) is 1.15. The van der Waals surface area contributed by atoms with Crippen molar-refractivity contribution in [1.82, 2.24) is 4.98 Å². The quantitative estimate of drug-likeness (QED) is 0.519. The van der Waals surface area contributed by atoms with Gasteiger partial charge in [0.1, 0.15) is 0 Å². The number of esters is 1. The van der Waals surface area contributed by atoms with Crippen molar-refractivity contribution >= 4 is 17.7 Å². The van der Waals surface area contributed by atoms with E-state index in [2.05, 4.69) is 15.9 Å². The van der Waals surface area contributed by atoms with E-state index >= 15 is 0 Å². The topological polar surface area (TPSA) is 39.2 Å². The van der Waals surface area contributed by atoms with Crippen LogP contribution in [0.15, 0.2) is 23.2 Å². The van der Waals surface area contributed by atoms with Crippen LogP contribution in [0.1, 0.15) is 0 Å². The number of hydrogen-bond acceptors (Lipinski definition) is 4. The van der Waals surface area contributed by atoms with Crippen molar-refractivity contribution in [3.05, 3.63) is 24.5 Å². The molecule has 1 rings (SSSR count). The molecule has 1 radical (unpaired) electrons. The molecule has 1 heterocycles. The van der Waals surface area contributed by atoms with E-state index in [-0.39, 0.29) is 5.97 Å². The van der Waals surface area contributed by atoms with E-state index in [1.54, 1.807) is 12.3 Å². The van der Waals surface area contributed by atoms with E-state index in [1.165, 1.54) is 18.9 Å². The Bertz CT molecular complexity index is 250. The standard InChI is InChI=1S/C8H8NO2S/c1-11-8(10)6-12-7-3-2-4-9-5-7/h2-3,5H,6H2,1H3. The van der Waals surface area contributed by atoms with E-state index < -0.39 is 0 Å². The largest absolute Gasteiger partial charge is 0.468 e. The van der Waals surface area contributed by atoms with Crippen LogP contribution in [0.4, 0.5) is 0 Å². The first-order valence-corrected chi connectivity index (χ1v) is 4.33. The Hall–Kier alpha value is -1.03. The highest BCUT2D eigenvalue weighted by Gasteiger charge is 2.00. The zero-order chi connectivity index (χ0) is 8.81. The molecule has 0 aliphatic rings. The normalized spacial score (nSPS) is 9.42. The van der Waals surface area contributed by atoms with E-state index in [4.69, 9.17) is 0 Å². The van der Waals surface area contributed by atoms with Crippen molar-refractivity contribution in [3.8, 4) is 0 Å². The molecule has 0 aliphatic heterocycles. The van der Waals surface area contributed by atoms with Gasteiger partial charge in [0.2, 0.25) is 0 Å². The third-order valence-corrected chi connectivity index (χ3v) is 2.13. The summed E-state index contributed by atoms with van der Waals surface area (Å²) in [5.74, 6) is 0.0928. The van der Waals surface area contributed by atoms with Gasteiger partial charge in [-0.25, -0.2) is 0 Å². The number of carbonyl (C=O) groups is 1. The molecule has 63 valence electrons. The van der Waals surface area contributed by atoms with Crippen LogP contribution in [0, 0.1) is 6.20 Å². The Morgan fingerprint density at radius 3 is 3.25 bits per heavy atom. The molecule has 0 unspecified atom stereocenters. The van der Waals surface area contributed by atoms with Crippen LogP contribution in [0.5, 0.6) is 0 Å². The maximum Gasteiger partial charge on any atom is 0.315 e. The summed E-state index contributed by atoms with van der Waals surface area (Å²) in [5, 5.41) is 0. The summed E-state index contributed by atoms with van der Waals surface area (Å²) >= 11 is 1.40. The number of thioether (sulfide) groups is 1. The van der Waals surface area contributed by atoms with Crippen LogP contribution in [-0.2, 0) is 9.53 Å². The van der Waals surface area contributed by atoms with Gasteiger partial charge < -0.3 is 4.74 Å². The highest BCUT2D eigenvalue weighted by atomic mass is 32.2. The van der Waals surface area contributed by atoms with Gasteiger partial charge in [-0.2, -0.15) is 0 Å². The lowest BCUT2D eigenvalue weighted by atomic mass is 10.5. The molecule has 1 aromatic heterocycles. The number of aromatic nitrogens is 1. The van der Waals surface area contributed by atoms with Crippen molar-refractivity contribution in [2.45, 2.75) is 4.90 Å². The summed E-state index contributed by atoms with van der Waals surface area (Å²) < 4.78 is 4.48. The Kier molecular flexibility index (Phi) is 3.60. The van der Waals surface area contributed by atoms with Crippen molar-refractivity contribution in [1.29, 1.82) is 0 Å². The molecule has 0 N–H and O–H groups in total. The number of carbonyl (C=O) groups excluding carboxylic acids is 1. The van der Waals surface area contributed by atoms with E-state index in [0.717, 1.165) is 4.90 Å². The third-order valence-electron chi connectivity index (χ3n) is 1.17. The van der Waals surface area contributed by atoms with Crippen molar-refractivity contribution in [3.63, 3.8) is 0 Å². The van der Waals surface area contributed by atoms with Gasteiger partial charge in [0.05, 0.1) is 19.1 Å². The van der Waals surface area contributed by atoms with Crippen molar-refractivity contribution in [2.24, 2.45) is 0 Å². The van der Waals surface area contributed by atoms with Crippen LogP contribution >= 0.6 is 11.8 Å². The third kappa shape index (κ3) is 2.92. The molecule has 0 amide bonds. The zero-order valence-corrected chi connectivity index (χ0v) is 7.43. The van der Waals surface area contributed by atoms with Gasteiger partial charge in [0.25, 0.3) is 0 Å². The zero-order valence-electron chi connectivity index (χ0n) is 6.61. The van der Waals surface area contributed by atoms with Gasteiger partial charge in [-0.05, 0) is 12.1 Å². The fraction of sp³-hybridized carbons (Fsp3) is 0.250. The smallest absolute Gasteiger partial charge is 0.315 e. The average molecular weight is 182 g/mol. The second-order valence-corrected chi connectivity index (χ2v) is 3.04. The number of nitrogens with zero attached hydrogens (tertiary/aromatic N) is 1. The minimum Gasteiger partial charge on any atom is -0.468 e. The van der Waals surface area contributed by atoms with Gasteiger partial charge in [0, 0.05) is 11.1 Å². The molecule has 4 heteroatoms. The molecule has 12 heavy (non-hydrogen) atoms. The SMILES string of the molecule is COC(=O)CSc1cc[c]nc1. The summed E-state index contributed by atoms with van der Waals surface area (Å²) in [6, 6.07) is 3.56. The summed E-state index contributed by atoms with van der Waals surface area (Å²) in [6.07, 6.45) is 4.32. The maximum absolute atomic E-state index is 10.7. The van der Waals surface area contributed by atoms with Crippen LogP contribution in [0.3, 0.4) is 0 Å². The minimum absolute atomic E-state index is 0.229. The van der Waals surface area contributed by atoms with E-state index in [0.29, 0.717) is 5.75 Å². The first kappa shape index (κ1) is 9.06. The van der Waals surface area contributed by atoms with Crippen molar-refractivity contribution < 1.29 is 9.53 Å². The van der Waals surface area contributed by atoms with Crippen LogP contribution < -0.4 is 0 Å². The van der Waals surface area contributed by atoms with Gasteiger partial charge in [-0.3, -0.25) is 9.78 Å². The van der Waals surface area contributed by atoms with Gasteiger partial charge >= 0.3 is 5.97 Å². The van der Waals surface area contributed by atoms with E-state index in [1.807, 2.05) is 6.07 Å². The molecule has 0 aromatic carbocycles. The lowest BCUT2D eigenvalue weighted by Crippen LogP contribution is -2.02. The molecule has 0 saturated carbocycles. The highest BCUT2D eigenvalue weighted by molar-refractivity contribution is 8.00. The summed E-state index contributed by atoms with van der Waals surface area (Å²) in [7, 11) is 1.37. The number of rotatable bonds is 3. The monoisotopic (exact) mass is 182 g/mol. The summed E-state index contributed by atoms with van der Waals surface area (Å²) in [6.45, 7) is 0. The van der Waals surface area contributed by atoms with Crippen LogP contribution in [0.25, 0.3) is 0 Å². The lowest BCUT2D eigenvalue weighted by molar-refractivity contribution is -0.137.